The van der Waals surface area contributed by atoms with Crippen LogP contribution in [0, 0.1) is 31.5 Å². The van der Waals surface area contributed by atoms with Crippen molar-refractivity contribution in [1.29, 1.82) is 0 Å². The number of hydrogen-bond acceptors (Lipinski definition) is 3. The van der Waals surface area contributed by atoms with Crippen molar-refractivity contribution in [2.24, 2.45) is 22.6 Å². The zero-order valence-electron chi connectivity index (χ0n) is 21.1. The largest absolute Gasteiger partial charge is 0.481 e. The van der Waals surface area contributed by atoms with Gasteiger partial charge in [-0.1, -0.05) is 38.8 Å². The van der Waals surface area contributed by atoms with E-state index in [1.54, 1.807) is 26.2 Å². The maximum absolute atomic E-state index is 12.8. The molecule has 34 heavy (non-hydrogen) atoms. The maximum atomic E-state index is 12.8. The van der Waals surface area contributed by atoms with Crippen molar-refractivity contribution in [3.05, 3.63) is 57.5 Å². The smallest absolute Gasteiger partial charge is 0.250 e. The summed E-state index contributed by atoms with van der Waals surface area (Å²) in [7, 11) is 1.60. The fraction of sp³-hybridized carbons (Fsp3) is 0.519. The molecule has 3 rings (SSSR count). The third-order valence-corrected chi connectivity index (χ3v) is 6.11. The van der Waals surface area contributed by atoms with Crippen molar-refractivity contribution < 1.29 is 13.9 Å². The van der Waals surface area contributed by atoms with Gasteiger partial charge in [0.2, 0.25) is 5.88 Å². The van der Waals surface area contributed by atoms with Crippen LogP contribution in [-0.2, 0) is 4.79 Å². The molecule has 2 aromatic rings. The lowest BCUT2D eigenvalue weighted by molar-refractivity contribution is -0.122. The van der Waals surface area contributed by atoms with Gasteiger partial charge >= 0.3 is 0 Å². The average Bonchev–Trinajstić information content (AvgIpc) is 3.62. The fourth-order valence-corrected chi connectivity index (χ4v) is 4.02. The summed E-state index contributed by atoms with van der Waals surface area (Å²) in [6.45, 7) is 9.92. The van der Waals surface area contributed by atoms with Gasteiger partial charge in [0.25, 0.3) is 5.91 Å². The quantitative estimate of drug-likeness (QED) is 0.328. The number of nitrogens with two attached hydrogens (primary N) is 1. The summed E-state index contributed by atoms with van der Waals surface area (Å²) in [4.78, 5) is 21.3. The van der Waals surface area contributed by atoms with Crippen LogP contribution in [-0.4, -0.2) is 23.8 Å². The minimum atomic E-state index is -0.231. The molecule has 1 unspecified atom stereocenters. The summed E-state index contributed by atoms with van der Waals surface area (Å²) in [5.74, 6) is 1.33. The minimum Gasteiger partial charge on any atom is -0.481 e. The lowest BCUT2D eigenvalue weighted by Crippen LogP contribution is -2.22. The van der Waals surface area contributed by atoms with E-state index >= 15 is 0 Å². The molecule has 1 aromatic carbocycles. The molecule has 2 N–H and O–H groups in total. The highest BCUT2D eigenvalue weighted by Gasteiger charge is 2.29. The standard InChI is InChI=1S/C19H29N3O2.C8H8ClF/c1-5-6-14(11-12(2)3)19(23)22-18(20)15-9-10-16(24-4)21-17(15)13-7-8-13;1-5-3-7(9)4-8(10)6(5)2/h9-10,12-14H,5-8,11H2,1-4H3,(H2,20,22,23);3-4H,1-2H3. The second-order valence-electron chi connectivity index (χ2n) is 9.34. The van der Waals surface area contributed by atoms with Crippen LogP contribution in [0.4, 0.5) is 4.39 Å². The van der Waals surface area contributed by atoms with Crippen LogP contribution in [0.1, 0.15) is 81.2 Å². The SMILES string of the molecule is CCCC(CC(C)C)C(=O)N=C(N)c1ccc(OC)nc1C1CC1.Cc1cc(Cl)cc(F)c1C. The van der Waals surface area contributed by atoms with Gasteiger partial charge in [-0.3, -0.25) is 4.79 Å². The Hall–Kier alpha value is -2.47. The molecule has 1 heterocycles. The first-order valence-corrected chi connectivity index (χ1v) is 12.3. The molecule has 7 heteroatoms. The highest BCUT2D eigenvalue weighted by atomic mass is 35.5. The van der Waals surface area contributed by atoms with Crippen molar-refractivity contribution in [1.82, 2.24) is 4.98 Å². The molecule has 1 saturated carbocycles. The van der Waals surface area contributed by atoms with Gasteiger partial charge in [0.1, 0.15) is 11.7 Å². The number of halogens is 2. The van der Waals surface area contributed by atoms with Crippen molar-refractivity contribution in [2.75, 3.05) is 7.11 Å². The summed E-state index contributed by atoms with van der Waals surface area (Å²) in [5.41, 5.74) is 9.40. The predicted molar refractivity (Wildman–Crippen MR) is 137 cm³/mol. The van der Waals surface area contributed by atoms with Crippen LogP contribution in [0.5, 0.6) is 5.88 Å². The molecule has 1 atom stereocenters. The molecule has 1 aliphatic carbocycles. The van der Waals surface area contributed by atoms with Gasteiger partial charge in [-0.15, -0.1) is 0 Å². The Kier molecular flexibility index (Phi) is 10.5. The minimum absolute atomic E-state index is 0.0517. The van der Waals surface area contributed by atoms with Crippen molar-refractivity contribution in [3.8, 4) is 5.88 Å². The molecule has 0 bridgehead atoms. The highest BCUT2D eigenvalue weighted by molar-refractivity contribution is 6.30. The van der Waals surface area contributed by atoms with Gasteiger partial charge in [-0.05, 0) is 74.8 Å². The highest BCUT2D eigenvalue weighted by Crippen LogP contribution is 2.41. The third kappa shape index (κ3) is 8.08. The van der Waals surface area contributed by atoms with Crippen molar-refractivity contribution >= 4 is 23.3 Å². The molecule has 0 spiro atoms. The number of methoxy groups -OCH3 is 1. The lowest BCUT2D eigenvalue weighted by atomic mass is 9.92. The van der Waals surface area contributed by atoms with Gasteiger partial charge in [0.15, 0.2) is 0 Å². The number of aryl methyl sites for hydroxylation is 1. The van der Waals surface area contributed by atoms with E-state index in [2.05, 4.69) is 30.7 Å². The van der Waals surface area contributed by atoms with E-state index in [1.807, 2.05) is 13.0 Å². The van der Waals surface area contributed by atoms with Crippen LogP contribution < -0.4 is 10.5 Å². The van der Waals surface area contributed by atoms with Crippen LogP contribution in [0.3, 0.4) is 0 Å². The number of nitrogens with zero attached hydrogens (tertiary/aromatic N) is 2. The number of benzene rings is 1. The van der Waals surface area contributed by atoms with E-state index < -0.39 is 0 Å². The second-order valence-corrected chi connectivity index (χ2v) is 9.78. The first-order chi connectivity index (χ1) is 16.1. The van der Waals surface area contributed by atoms with E-state index in [9.17, 15) is 9.18 Å². The Morgan fingerprint density at radius 2 is 1.97 bits per heavy atom. The molecular weight excluding hydrogens is 453 g/mol. The Morgan fingerprint density at radius 1 is 1.29 bits per heavy atom. The number of amidine groups is 1. The summed E-state index contributed by atoms with van der Waals surface area (Å²) < 4.78 is 18.0. The van der Waals surface area contributed by atoms with Crippen molar-refractivity contribution in [3.63, 3.8) is 0 Å². The second kappa shape index (κ2) is 12.8. The summed E-state index contributed by atoms with van der Waals surface area (Å²) >= 11 is 5.58. The normalized spacial score (nSPS) is 14.4. The maximum Gasteiger partial charge on any atom is 0.250 e. The molecule has 0 aliphatic heterocycles. The molecule has 0 radical (unpaired) electrons. The number of pyridine rings is 1. The number of amides is 1. The van der Waals surface area contributed by atoms with Gasteiger partial charge in [0.05, 0.1) is 12.8 Å². The number of aliphatic imine (C=N–C) groups is 1. The fourth-order valence-electron chi connectivity index (χ4n) is 3.76. The molecule has 1 fully saturated rings. The van der Waals surface area contributed by atoms with E-state index in [0.717, 1.165) is 48.9 Å². The van der Waals surface area contributed by atoms with E-state index in [1.165, 1.54) is 6.07 Å². The zero-order chi connectivity index (χ0) is 25.4. The van der Waals surface area contributed by atoms with Gasteiger partial charge in [-0.2, -0.15) is 4.99 Å². The Labute approximate surface area is 208 Å². The molecular formula is C27H37ClFN3O2. The number of ether oxygens (including phenoxy) is 1. The number of rotatable bonds is 8. The Morgan fingerprint density at radius 3 is 2.50 bits per heavy atom. The number of carbonyl (C=O) groups is 1. The lowest BCUT2D eigenvalue weighted by Gasteiger charge is -2.15. The molecule has 5 nitrogen and oxygen atoms in total. The van der Waals surface area contributed by atoms with Crippen molar-refractivity contribution in [2.45, 2.75) is 72.6 Å². The van der Waals surface area contributed by atoms with E-state index in [4.69, 9.17) is 22.1 Å². The first-order valence-electron chi connectivity index (χ1n) is 11.9. The van der Waals surface area contributed by atoms with E-state index in [-0.39, 0.29) is 23.5 Å². The van der Waals surface area contributed by atoms with Gasteiger partial charge in [0, 0.05) is 28.5 Å². The Balaban J connectivity index is 0.000000340. The number of carbonyl (C=O) groups excluding carboxylic acids is 1. The average molecular weight is 490 g/mol. The zero-order valence-corrected chi connectivity index (χ0v) is 21.9. The summed E-state index contributed by atoms with van der Waals surface area (Å²) in [6.07, 6.45) is 4.86. The first kappa shape index (κ1) is 27.8. The predicted octanol–water partition coefficient (Wildman–Crippen LogP) is 6.76. The van der Waals surface area contributed by atoms with Crippen LogP contribution in [0.15, 0.2) is 29.3 Å². The van der Waals surface area contributed by atoms with Gasteiger partial charge < -0.3 is 10.5 Å². The van der Waals surface area contributed by atoms with Crippen LogP contribution >= 0.6 is 11.6 Å². The summed E-state index contributed by atoms with van der Waals surface area (Å²) in [6, 6.07) is 6.71. The molecule has 0 saturated heterocycles. The summed E-state index contributed by atoms with van der Waals surface area (Å²) in [5, 5.41) is 0.459. The topological polar surface area (TPSA) is 77.6 Å². The third-order valence-electron chi connectivity index (χ3n) is 5.89. The Bertz CT molecular complexity index is 996. The molecule has 1 aliphatic rings. The monoisotopic (exact) mass is 489 g/mol. The number of aromatic nitrogens is 1. The number of hydrogen-bond donors (Lipinski definition) is 1. The molecule has 1 amide bonds. The van der Waals surface area contributed by atoms with E-state index in [0.29, 0.717) is 28.3 Å². The van der Waals surface area contributed by atoms with Crippen LogP contribution in [0.2, 0.25) is 5.02 Å². The van der Waals surface area contributed by atoms with Gasteiger partial charge in [-0.25, -0.2) is 9.37 Å². The molecule has 186 valence electrons. The van der Waals surface area contributed by atoms with Crippen LogP contribution in [0.25, 0.3) is 0 Å². The molecule has 1 aromatic heterocycles.